The van der Waals surface area contributed by atoms with Crippen LogP contribution in [0.4, 0.5) is 5.69 Å². The van der Waals surface area contributed by atoms with Crippen molar-refractivity contribution in [3.8, 4) is 0 Å². The highest BCUT2D eigenvalue weighted by Crippen LogP contribution is 2.45. The fraction of sp³-hybridized carbons (Fsp3) is 0.667. The Bertz CT molecular complexity index is 510. The fourth-order valence-corrected chi connectivity index (χ4v) is 4.48. The lowest BCUT2D eigenvalue weighted by Crippen LogP contribution is -2.47. The van der Waals surface area contributed by atoms with Gasteiger partial charge in [-0.3, -0.25) is 0 Å². The molecule has 4 heteroatoms. The quantitative estimate of drug-likeness (QED) is 0.906. The molecule has 4 rings (SSSR count). The van der Waals surface area contributed by atoms with Crippen LogP contribution in [0, 0.1) is 0 Å². The van der Waals surface area contributed by atoms with Crippen LogP contribution in [0.1, 0.15) is 31.2 Å². The highest BCUT2D eigenvalue weighted by Gasteiger charge is 2.46. The number of piperidine rings is 1. The Hall–Kier alpha value is -1.10. The lowest BCUT2D eigenvalue weighted by molar-refractivity contribution is -0.0493. The Labute approximate surface area is 132 Å². The Morgan fingerprint density at radius 2 is 1.64 bits per heavy atom. The first-order valence-electron chi connectivity index (χ1n) is 8.53. The van der Waals surface area contributed by atoms with E-state index >= 15 is 0 Å². The molecule has 1 aromatic rings. The van der Waals surface area contributed by atoms with Crippen molar-refractivity contribution >= 4 is 5.69 Å². The summed E-state index contributed by atoms with van der Waals surface area (Å²) in [6.07, 6.45) is 4.21. The summed E-state index contributed by atoms with van der Waals surface area (Å²) in [6.45, 7) is 3.53. The van der Waals surface area contributed by atoms with Crippen LogP contribution in [-0.2, 0) is 10.3 Å². The minimum Gasteiger partial charge on any atom is -0.385 e. The van der Waals surface area contributed by atoms with Gasteiger partial charge in [-0.25, -0.2) is 0 Å². The van der Waals surface area contributed by atoms with Crippen molar-refractivity contribution in [1.82, 2.24) is 4.90 Å². The van der Waals surface area contributed by atoms with Crippen LogP contribution in [0.25, 0.3) is 0 Å². The molecule has 3 aliphatic rings. The average Bonchev–Trinajstić information content (AvgIpc) is 2.78. The highest BCUT2D eigenvalue weighted by molar-refractivity contribution is 5.49. The topological polar surface area (TPSA) is 35.9 Å². The van der Waals surface area contributed by atoms with Crippen molar-refractivity contribution < 1.29 is 9.84 Å². The van der Waals surface area contributed by atoms with Gasteiger partial charge in [-0.1, -0.05) is 12.1 Å². The van der Waals surface area contributed by atoms with Crippen molar-refractivity contribution in [2.45, 2.75) is 43.4 Å². The molecule has 3 aliphatic heterocycles. The molecule has 1 aromatic carbocycles. The third-order valence-corrected chi connectivity index (χ3v) is 5.91. The molecule has 0 aromatic heterocycles. The number of aliphatic hydroxyl groups is 1. The van der Waals surface area contributed by atoms with Crippen molar-refractivity contribution in [2.75, 3.05) is 38.3 Å². The van der Waals surface area contributed by atoms with Gasteiger partial charge in [0.15, 0.2) is 0 Å². The van der Waals surface area contributed by atoms with Gasteiger partial charge in [-0.2, -0.15) is 0 Å². The number of nitrogens with zero attached hydrogens (tertiary/aromatic N) is 2. The molecule has 4 nitrogen and oxygen atoms in total. The van der Waals surface area contributed by atoms with E-state index in [0.717, 1.165) is 44.7 Å². The number of hydrogen-bond donors (Lipinski definition) is 1. The maximum Gasteiger partial charge on any atom is 0.0926 e. The van der Waals surface area contributed by atoms with E-state index in [-0.39, 0.29) is 0 Å². The van der Waals surface area contributed by atoms with Crippen LogP contribution in [-0.4, -0.2) is 55.4 Å². The third-order valence-electron chi connectivity index (χ3n) is 5.91. The number of fused-ring (bicyclic) bond motifs is 2. The molecule has 22 heavy (non-hydrogen) atoms. The van der Waals surface area contributed by atoms with E-state index < -0.39 is 5.60 Å². The van der Waals surface area contributed by atoms with Gasteiger partial charge in [-0.05, 0) is 50.4 Å². The maximum absolute atomic E-state index is 11.2. The molecular weight excluding hydrogens is 276 g/mol. The Morgan fingerprint density at radius 1 is 1.05 bits per heavy atom. The molecule has 0 spiro atoms. The van der Waals surface area contributed by atoms with Crippen LogP contribution in [0.3, 0.4) is 0 Å². The summed E-state index contributed by atoms with van der Waals surface area (Å²) in [5.74, 6) is 0. The van der Waals surface area contributed by atoms with Gasteiger partial charge in [0.1, 0.15) is 0 Å². The monoisotopic (exact) mass is 302 g/mol. The van der Waals surface area contributed by atoms with Crippen molar-refractivity contribution in [3.63, 3.8) is 0 Å². The first-order chi connectivity index (χ1) is 10.7. The van der Waals surface area contributed by atoms with Gasteiger partial charge < -0.3 is 19.6 Å². The zero-order chi connectivity index (χ0) is 15.2. The highest BCUT2D eigenvalue weighted by atomic mass is 16.5. The Morgan fingerprint density at radius 3 is 2.23 bits per heavy atom. The minimum atomic E-state index is -0.637. The molecule has 0 aliphatic carbocycles. The van der Waals surface area contributed by atoms with Crippen molar-refractivity contribution in [3.05, 3.63) is 29.8 Å². The van der Waals surface area contributed by atoms with Crippen LogP contribution in [0.15, 0.2) is 24.3 Å². The van der Waals surface area contributed by atoms with E-state index in [9.17, 15) is 5.11 Å². The van der Waals surface area contributed by atoms with Crippen molar-refractivity contribution in [2.24, 2.45) is 0 Å². The summed E-state index contributed by atoms with van der Waals surface area (Å²) in [4.78, 5) is 4.83. The van der Waals surface area contributed by atoms with Crippen LogP contribution < -0.4 is 4.90 Å². The van der Waals surface area contributed by atoms with Crippen LogP contribution >= 0.6 is 0 Å². The second-order valence-corrected chi connectivity index (χ2v) is 7.14. The van der Waals surface area contributed by atoms with E-state index in [2.05, 4.69) is 41.1 Å². The summed E-state index contributed by atoms with van der Waals surface area (Å²) in [7, 11) is 2.21. The first-order valence-corrected chi connectivity index (χ1v) is 8.53. The summed E-state index contributed by atoms with van der Waals surface area (Å²) < 4.78 is 5.41. The van der Waals surface area contributed by atoms with Gasteiger partial charge in [-0.15, -0.1) is 0 Å². The summed E-state index contributed by atoms with van der Waals surface area (Å²) in [6, 6.07) is 9.69. The van der Waals surface area contributed by atoms with Gasteiger partial charge >= 0.3 is 0 Å². The molecule has 2 bridgehead atoms. The van der Waals surface area contributed by atoms with E-state index in [1.54, 1.807) is 0 Å². The number of rotatable bonds is 2. The number of morpholine rings is 1. The lowest BCUT2D eigenvalue weighted by atomic mass is 9.80. The normalized spacial score (nSPS) is 35.8. The molecule has 3 fully saturated rings. The second kappa shape index (κ2) is 5.52. The molecule has 0 saturated carbocycles. The lowest BCUT2D eigenvalue weighted by Gasteiger charge is -2.42. The number of hydrogen-bond acceptors (Lipinski definition) is 4. The molecule has 2 unspecified atom stereocenters. The molecule has 1 N–H and O–H groups in total. The molecule has 120 valence electrons. The Kier molecular flexibility index (Phi) is 3.63. The van der Waals surface area contributed by atoms with Gasteiger partial charge in [0.25, 0.3) is 0 Å². The molecule has 2 atom stereocenters. The van der Waals surface area contributed by atoms with Gasteiger partial charge in [0, 0.05) is 30.9 Å². The molecule has 3 heterocycles. The van der Waals surface area contributed by atoms with Crippen LogP contribution in [0.2, 0.25) is 0 Å². The zero-order valence-corrected chi connectivity index (χ0v) is 13.4. The maximum atomic E-state index is 11.2. The molecule has 0 amide bonds. The predicted octanol–water partition coefficient (Wildman–Crippen LogP) is 1.97. The number of benzene rings is 1. The molecule has 3 saturated heterocycles. The largest absolute Gasteiger partial charge is 0.385 e. The Balaban J connectivity index is 1.53. The van der Waals surface area contributed by atoms with Gasteiger partial charge in [0.2, 0.25) is 0 Å². The minimum absolute atomic E-state index is 0.544. The van der Waals surface area contributed by atoms with E-state index in [1.165, 1.54) is 18.5 Å². The summed E-state index contributed by atoms with van der Waals surface area (Å²) in [5, 5.41) is 11.2. The summed E-state index contributed by atoms with van der Waals surface area (Å²) >= 11 is 0. The standard InChI is InChI=1S/C18H26N2O2/c1-19-16-6-7-17(19)13-18(21,12-16)14-2-4-15(5-3-14)20-8-10-22-11-9-20/h2-5,16-17,21H,6-13H2,1H3. The SMILES string of the molecule is CN1C2CCC1CC(O)(c1ccc(N3CCOCC3)cc1)C2. The van der Waals surface area contributed by atoms with Gasteiger partial charge in [0.05, 0.1) is 18.8 Å². The average molecular weight is 302 g/mol. The van der Waals surface area contributed by atoms with E-state index in [1.807, 2.05) is 0 Å². The van der Waals surface area contributed by atoms with E-state index in [0.29, 0.717) is 12.1 Å². The first kappa shape index (κ1) is 14.5. The second-order valence-electron chi connectivity index (χ2n) is 7.14. The number of ether oxygens (including phenoxy) is 1. The molecular formula is C18H26N2O2. The molecule has 0 radical (unpaired) electrons. The smallest absolute Gasteiger partial charge is 0.0926 e. The number of anilines is 1. The summed E-state index contributed by atoms with van der Waals surface area (Å²) in [5.41, 5.74) is 1.70. The predicted molar refractivity (Wildman–Crippen MR) is 87.2 cm³/mol. The van der Waals surface area contributed by atoms with Crippen molar-refractivity contribution in [1.29, 1.82) is 0 Å². The third kappa shape index (κ3) is 2.43. The zero-order valence-electron chi connectivity index (χ0n) is 13.4. The fourth-order valence-electron chi connectivity index (χ4n) is 4.48. The van der Waals surface area contributed by atoms with E-state index in [4.69, 9.17) is 4.74 Å². The van der Waals surface area contributed by atoms with Crippen LogP contribution in [0.5, 0.6) is 0 Å².